The van der Waals surface area contributed by atoms with E-state index in [-0.39, 0.29) is 12.7 Å². The van der Waals surface area contributed by atoms with Crippen LogP contribution in [-0.4, -0.2) is 26.9 Å². The Morgan fingerprint density at radius 3 is 2.72 bits per heavy atom. The Kier molecular flexibility index (Phi) is 4.79. The van der Waals surface area contributed by atoms with Gasteiger partial charge in [0, 0.05) is 22.9 Å². The molecule has 0 unspecified atom stereocenters. The van der Waals surface area contributed by atoms with Crippen LogP contribution in [0.1, 0.15) is 15.9 Å². The van der Waals surface area contributed by atoms with Gasteiger partial charge in [0.25, 0.3) is 5.91 Å². The Hall–Kier alpha value is -3.15. The third-order valence-electron chi connectivity index (χ3n) is 3.81. The molecule has 2 aromatic rings. The molecule has 0 bridgehead atoms. The van der Waals surface area contributed by atoms with Crippen molar-refractivity contribution in [3.63, 3.8) is 0 Å². The molecule has 25 heavy (non-hydrogen) atoms. The highest BCUT2D eigenvalue weighted by atomic mass is 16.7. The second-order valence-corrected chi connectivity index (χ2v) is 5.39. The van der Waals surface area contributed by atoms with Gasteiger partial charge in [-0.15, -0.1) is 6.58 Å². The fraction of sp³-hybridized carbons (Fsp3) is 0.211. The lowest BCUT2D eigenvalue weighted by molar-refractivity contribution is 0.102. The molecular weight excluding hydrogens is 322 g/mol. The highest BCUT2D eigenvalue weighted by Gasteiger charge is 2.18. The van der Waals surface area contributed by atoms with Gasteiger partial charge in [-0.05, 0) is 30.7 Å². The minimum Gasteiger partial charge on any atom is -0.493 e. The smallest absolute Gasteiger partial charge is 0.255 e. The fourth-order valence-electron chi connectivity index (χ4n) is 2.66. The molecule has 130 valence electrons. The fourth-order valence-corrected chi connectivity index (χ4v) is 2.66. The van der Waals surface area contributed by atoms with Gasteiger partial charge in [-0.3, -0.25) is 4.79 Å². The van der Waals surface area contributed by atoms with Crippen LogP contribution >= 0.6 is 0 Å². The van der Waals surface area contributed by atoms with E-state index in [0.29, 0.717) is 40.7 Å². The maximum Gasteiger partial charge on any atom is 0.255 e. The first-order chi connectivity index (χ1) is 12.2. The number of rotatable bonds is 6. The molecule has 6 heteroatoms. The van der Waals surface area contributed by atoms with Gasteiger partial charge in [0.05, 0.1) is 14.2 Å². The Balaban J connectivity index is 1.88. The van der Waals surface area contributed by atoms with E-state index < -0.39 is 0 Å². The van der Waals surface area contributed by atoms with Crippen molar-refractivity contribution in [2.24, 2.45) is 0 Å². The first kappa shape index (κ1) is 16.7. The van der Waals surface area contributed by atoms with Gasteiger partial charge in [0.15, 0.2) is 23.0 Å². The molecular formula is C19H19NO5. The van der Waals surface area contributed by atoms with Crippen LogP contribution in [0.25, 0.3) is 0 Å². The number of amides is 1. The van der Waals surface area contributed by atoms with Crippen LogP contribution < -0.4 is 24.3 Å². The van der Waals surface area contributed by atoms with Crippen molar-refractivity contribution in [3.05, 3.63) is 54.1 Å². The number of methoxy groups -OCH3 is 2. The molecule has 2 aromatic carbocycles. The summed E-state index contributed by atoms with van der Waals surface area (Å²) in [5.41, 5.74) is 1.91. The van der Waals surface area contributed by atoms with Gasteiger partial charge < -0.3 is 24.3 Å². The molecule has 0 saturated carbocycles. The number of ether oxygens (including phenoxy) is 4. The Labute approximate surface area is 146 Å². The molecule has 0 spiro atoms. The van der Waals surface area contributed by atoms with Crippen molar-refractivity contribution in [3.8, 4) is 23.0 Å². The number of fused-ring (bicyclic) bond motifs is 1. The van der Waals surface area contributed by atoms with Crippen molar-refractivity contribution in [2.75, 3.05) is 26.3 Å². The van der Waals surface area contributed by atoms with E-state index in [2.05, 4.69) is 11.9 Å². The number of carbonyl (C=O) groups excluding carboxylic acids is 1. The van der Waals surface area contributed by atoms with Crippen LogP contribution in [0.15, 0.2) is 43.0 Å². The highest BCUT2D eigenvalue weighted by molar-refractivity contribution is 6.05. The van der Waals surface area contributed by atoms with Crippen molar-refractivity contribution in [1.29, 1.82) is 0 Å². The third-order valence-corrected chi connectivity index (χ3v) is 3.81. The van der Waals surface area contributed by atoms with Gasteiger partial charge in [-0.1, -0.05) is 6.08 Å². The number of allylic oxidation sites excluding steroid dienone is 1. The molecule has 0 fully saturated rings. The molecule has 0 radical (unpaired) electrons. The summed E-state index contributed by atoms with van der Waals surface area (Å²) in [6.07, 6.45) is 2.31. The maximum absolute atomic E-state index is 12.6. The lowest BCUT2D eigenvalue weighted by Gasteiger charge is -2.14. The molecule has 0 saturated heterocycles. The van der Waals surface area contributed by atoms with Crippen molar-refractivity contribution in [2.45, 2.75) is 6.42 Å². The second kappa shape index (κ2) is 7.17. The SMILES string of the molecule is C=CCc1cc(C(=O)Nc2ccc3c(c2)OCO3)cc(OC)c1OC. The lowest BCUT2D eigenvalue weighted by atomic mass is 10.0. The zero-order chi connectivity index (χ0) is 17.8. The number of hydrogen-bond acceptors (Lipinski definition) is 5. The van der Waals surface area contributed by atoms with Crippen LogP contribution in [0.3, 0.4) is 0 Å². The average molecular weight is 341 g/mol. The van der Waals surface area contributed by atoms with E-state index in [9.17, 15) is 4.79 Å². The van der Waals surface area contributed by atoms with Crippen molar-refractivity contribution >= 4 is 11.6 Å². The van der Waals surface area contributed by atoms with E-state index in [4.69, 9.17) is 18.9 Å². The average Bonchev–Trinajstić information content (AvgIpc) is 3.09. The van der Waals surface area contributed by atoms with Crippen LogP contribution in [-0.2, 0) is 6.42 Å². The van der Waals surface area contributed by atoms with Crippen molar-refractivity contribution < 1.29 is 23.7 Å². The summed E-state index contributed by atoms with van der Waals surface area (Å²) in [6, 6.07) is 8.66. The molecule has 3 rings (SSSR count). The summed E-state index contributed by atoms with van der Waals surface area (Å²) in [5.74, 6) is 2.11. The summed E-state index contributed by atoms with van der Waals surface area (Å²) in [5, 5.41) is 2.85. The van der Waals surface area contributed by atoms with Crippen LogP contribution in [0, 0.1) is 0 Å². The van der Waals surface area contributed by atoms with Gasteiger partial charge >= 0.3 is 0 Å². The Morgan fingerprint density at radius 1 is 1.20 bits per heavy atom. The van der Waals surface area contributed by atoms with Gasteiger partial charge in [-0.25, -0.2) is 0 Å². The standard InChI is InChI=1S/C19H19NO5/c1-4-5-12-8-13(9-17(22-2)18(12)23-3)19(21)20-14-6-7-15-16(10-14)25-11-24-15/h4,6-10H,1,5,11H2,2-3H3,(H,20,21). The van der Waals surface area contributed by atoms with E-state index in [1.54, 1.807) is 43.5 Å². The lowest BCUT2D eigenvalue weighted by Crippen LogP contribution is -2.13. The van der Waals surface area contributed by atoms with Crippen LogP contribution in [0.2, 0.25) is 0 Å². The Bertz CT molecular complexity index is 816. The number of carbonyl (C=O) groups is 1. The topological polar surface area (TPSA) is 66.0 Å². The van der Waals surface area contributed by atoms with Crippen LogP contribution in [0.5, 0.6) is 23.0 Å². The van der Waals surface area contributed by atoms with E-state index in [1.165, 1.54) is 7.11 Å². The second-order valence-electron chi connectivity index (χ2n) is 5.39. The summed E-state index contributed by atoms with van der Waals surface area (Å²) >= 11 is 0. The zero-order valence-corrected chi connectivity index (χ0v) is 14.1. The molecule has 0 atom stereocenters. The largest absolute Gasteiger partial charge is 0.493 e. The molecule has 6 nitrogen and oxygen atoms in total. The Morgan fingerprint density at radius 2 is 2.00 bits per heavy atom. The first-order valence-corrected chi connectivity index (χ1v) is 7.73. The maximum atomic E-state index is 12.6. The number of hydrogen-bond donors (Lipinski definition) is 1. The monoisotopic (exact) mass is 341 g/mol. The van der Waals surface area contributed by atoms with Gasteiger partial charge in [0.1, 0.15) is 0 Å². The third kappa shape index (κ3) is 3.38. The minimum absolute atomic E-state index is 0.188. The number of anilines is 1. The van der Waals surface area contributed by atoms with Gasteiger partial charge in [0.2, 0.25) is 6.79 Å². The zero-order valence-electron chi connectivity index (χ0n) is 14.1. The highest BCUT2D eigenvalue weighted by Crippen LogP contribution is 2.35. The van der Waals surface area contributed by atoms with E-state index in [1.807, 2.05) is 0 Å². The van der Waals surface area contributed by atoms with Crippen molar-refractivity contribution in [1.82, 2.24) is 0 Å². The quantitative estimate of drug-likeness (QED) is 0.816. The predicted molar refractivity (Wildman–Crippen MR) is 94.0 cm³/mol. The summed E-state index contributed by atoms with van der Waals surface area (Å²) in [6.45, 7) is 3.93. The molecule has 1 N–H and O–H groups in total. The van der Waals surface area contributed by atoms with Gasteiger partial charge in [-0.2, -0.15) is 0 Å². The number of benzene rings is 2. The van der Waals surface area contributed by atoms with E-state index >= 15 is 0 Å². The summed E-state index contributed by atoms with van der Waals surface area (Å²) in [4.78, 5) is 12.6. The predicted octanol–water partition coefficient (Wildman–Crippen LogP) is 3.41. The van der Waals surface area contributed by atoms with Crippen LogP contribution in [0.4, 0.5) is 5.69 Å². The molecule has 1 heterocycles. The number of nitrogens with one attached hydrogen (secondary N) is 1. The molecule has 0 aliphatic carbocycles. The molecule has 1 amide bonds. The first-order valence-electron chi connectivity index (χ1n) is 7.73. The molecule has 1 aliphatic heterocycles. The summed E-state index contributed by atoms with van der Waals surface area (Å²) in [7, 11) is 3.10. The summed E-state index contributed by atoms with van der Waals surface area (Å²) < 4.78 is 21.3. The minimum atomic E-state index is -0.259. The normalized spacial score (nSPS) is 11.8. The molecule has 0 aromatic heterocycles. The molecule has 1 aliphatic rings. The van der Waals surface area contributed by atoms with E-state index in [0.717, 1.165) is 5.56 Å².